The van der Waals surface area contributed by atoms with Crippen LogP contribution >= 0.6 is 0 Å². The third kappa shape index (κ3) is 3.22. The Morgan fingerprint density at radius 2 is 2.08 bits per heavy atom. The van der Waals surface area contributed by atoms with Crippen molar-refractivity contribution in [3.05, 3.63) is 23.0 Å². The van der Waals surface area contributed by atoms with Crippen LogP contribution in [-0.4, -0.2) is 39.8 Å². The Bertz CT molecular complexity index is 838. The van der Waals surface area contributed by atoms with Crippen molar-refractivity contribution in [3.8, 4) is 0 Å². The molecule has 0 radical (unpaired) electrons. The molecule has 0 bridgehead atoms. The van der Waals surface area contributed by atoms with Crippen LogP contribution in [0.25, 0.3) is 11.0 Å². The Hall–Kier alpha value is -1.95. The molecule has 2 aromatic rings. The van der Waals surface area contributed by atoms with Crippen LogP contribution < -0.4 is 10.6 Å². The quantitative estimate of drug-likeness (QED) is 0.888. The van der Waals surface area contributed by atoms with Gasteiger partial charge >= 0.3 is 0 Å². The highest BCUT2D eigenvalue weighted by molar-refractivity contribution is 6.06. The fraction of sp³-hybridized carbons (Fsp3) is 0.650. The van der Waals surface area contributed by atoms with E-state index in [-0.39, 0.29) is 17.5 Å². The summed E-state index contributed by atoms with van der Waals surface area (Å²) in [6, 6.07) is 2.20. The van der Waals surface area contributed by atoms with Crippen LogP contribution in [0.5, 0.6) is 0 Å². The zero-order valence-electron chi connectivity index (χ0n) is 16.2. The molecule has 1 aliphatic heterocycles. The van der Waals surface area contributed by atoms with Crippen molar-refractivity contribution in [2.45, 2.75) is 70.9 Å². The highest BCUT2D eigenvalue weighted by Crippen LogP contribution is 2.41. The lowest BCUT2D eigenvalue weighted by Crippen LogP contribution is -2.45. The lowest BCUT2D eigenvalue weighted by atomic mass is 10.0. The Kier molecular flexibility index (Phi) is 4.26. The molecule has 2 fully saturated rings. The number of hydrogen-bond acceptors (Lipinski definition) is 4. The largest absolute Gasteiger partial charge is 0.348 e. The van der Waals surface area contributed by atoms with E-state index in [9.17, 15) is 4.79 Å². The average Bonchev–Trinajstić information content (AvgIpc) is 3.38. The number of pyridine rings is 1. The number of nitrogens with one attached hydrogen (secondary N) is 2. The third-order valence-corrected chi connectivity index (χ3v) is 5.34. The van der Waals surface area contributed by atoms with Crippen LogP contribution in [0.4, 0.5) is 0 Å². The van der Waals surface area contributed by atoms with Gasteiger partial charge in [0.1, 0.15) is 0 Å². The molecule has 6 nitrogen and oxygen atoms in total. The Morgan fingerprint density at radius 3 is 2.69 bits per heavy atom. The molecule has 1 saturated carbocycles. The van der Waals surface area contributed by atoms with Gasteiger partial charge in [-0.05, 0) is 66.0 Å². The van der Waals surface area contributed by atoms with E-state index in [2.05, 4.69) is 31.4 Å². The second-order valence-electron chi connectivity index (χ2n) is 8.75. The van der Waals surface area contributed by atoms with Crippen LogP contribution in [0.15, 0.2) is 6.07 Å². The zero-order chi connectivity index (χ0) is 18.5. The third-order valence-electron chi connectivity index (χ3n) is 5.34. The Morgan fingerprint density at radius 1 is 1.31 bits per heavy atom. The van der Waals surface area contributed by atoms with Crippen molar-refractivity contribution < 1.29 is 4.79 Å². The van der Waals surface area contributed by atoms with Gasteiger partial charge in [-0.3, -0.25) is 4.79 Å². The van der Waals surface area contributed by atoms with E-state index in [4.69, 9.17) is 10.1 Å². The summed E-state index contributed by atoms with van der Waals surface area (Å²) in [6.45, 7) is 10.2. The maximum atomic E-state index is 13.1. The Labute approximate surface area is 154 Å². The van der Waals surface area contributed by atoms with Crippen LogP contribution in [-0.2, 0) is 5.54 Å². The number of rotatable bonds is 3. The minimum absolute atomic E-state index is 0.00422. The van der Waals surface area contributed by atoms with Gasteiger partial charge in [-0.2, -0.15) is 5.10 Å². The van der Waals surface area contributed by atoms with E-state index < -0.39 is 0 Å². The summed E-state index contributed by atoms with van der Waals surface area (Å²) in [5, 5.41) is 12.2. The molecule has 4 rings (SSSR count). The van der Waals surface area contributed by atoms with Gasteiger partial charge in [0.05, 0.1) is 22.2 Å². The molecular formula is C20H29N5O. The van der Waals surface area contributed by atoms with Gasteiger partial charge in [0.2, 0.25) is 0 Å². The number of nitrogens with zero attached hydrogens (tertiary/aromatic N) is 3. The normalized spacial score (nSPS) is 21.2. The molecule has 1 amide bonds. The molecular weight excluding hydrogens is 326 g/mol. The highest BCUT2D eigenvalue weighted by atomic mass is 16.1. The SMILES string of the molecule is Cc1nn(C(C)(C)C)c2nc(C3CC3)cc(C(=O)N[C@H]3CCCNC3)c12. The number of piperidine rings is 1. The monoisotopic (exact) mass is 355 g/mol. The number of aryl methyl sites for hydroxylation is 1. The van der Waals surface area contributed by atoms with Gasteiger partial charge in [0.25, 0.3) is 5.91 Å². The Balaban J connectivity index is 1.79. The molecule has 0 spiro atoms. The highest BCUT2D eigenvalue weighted by Gasteiger charge is 2.30. The molecule has 140 valence electrons. The van der Waals surface area contributed by atoms with Crippen LogP contribution in [0.2, 0.25) is 0 Å². The van der Waals surface area contributed by atoms with Gasteiger partial charge in [0, 0.05) is 24.2 Å². The lowest BCUT2D eigenvalue weighted by molar-refractivity contribution is 0.0932. The van der Waals surface area contributed by atoms with E-state index in [0.717, 1.165) is 66.8 Å². The van der Waals surface area contributed by atoms with E-state index >= 15 is 0 Å². The van der Waals surface area contributed by atoms with Gasteiger partial charge in [0.15, 0.2) is 5.65 Å². The predicted octanol–water partition coefficient (Wildman–Crippen LogP) is 2.85. The molecule has 1 atom stereocenters. The number of hydrogen-bond donors (Lipinski definition) is 2. The number of carbonyl (C=O) groups excluding carboxylic acids is 1. The fourth-order valence-corrected chi connectivity index (χ4v) is 3.78. The molecule has 6 heteroatoms. The maximum Gasteiger partial charge on any atom is 0.252 e. The first-order valence-electron chi connectivity index (χ1n) is 9.77. The molecule has 0 unspecified atom stereocenters. The van der Waals surface area contributed by atoms with Gasteiger partial charge in [-0.1, -0.05) is 0 Å². The van der Waals surface area contributed by atoms with E-state index in [1.165, 1.54) is 0 Å². The fourth-order valence-electron chi connectivity index (χ4n) is 3.78. The summed E-state index contributed by atoms with van der Waals surface area (Å²) in [5.74, 6) is 0.496. The molecule has 1 aliphatic carbocycles. The minimum atomic E-state index is -0.178. The number of fused-ring (bicyclic) bond motifs is 1. The maximum absolute atomic E-state index is 13.1. The first-order valence-corrected chi connectivity index (χ1v) is 9.77. The molecule has 3 heterocycles. The van der Waals surface area contributed by atoms with Crippen molar-refractivity contribution in [1.82, 2.24) is 25.4 Å². The molecule has 0 aromatic carbocycles. The van der Waals surface area contributed by atoms with Crippen molar-refractivity contribution >= 4 is 16.9 Å². The number of aromatic nitrogens is 3. The summed E-state index contributed by atoms with van der Waals surface area (Å²) < 4.78 is 1.97. The number of carbonyl (C=O) groups is 1. The minimum Gasteiger partial charge on any atom is -0.348 e. The molecule has 2 N–H and O–H groups in total. The smallest absolute Gasteiger partial charge is 0.252 e. The summed E-state index contributed by atoms with van der Waals surface area (Å²) in [5.41, 5.74) is 3.30. The predicted molar refractivity (Wildman–Crippen MR) is 103 cm³/mol. The molecule has 1 saturated heterocycles. The molecule has 2 aliphatic rings. The van der Waals surface area contributed by atoms with Gasteiger partial charge in [-0.15, -0.1) is 0 Å². The van der Waals surface area contributed by atoms with Crippen molar-refractivity contribution in [2.75, 3.05) is 13.1 Å². The van der Waals surface area contributed by atoms with Gasteiger partial charge in [-0.25, -0.2) is 9.67 Å². The van der Waals surface area contributed by atoms with Crippen LogP contribution in [0, 0.1) is 6.92 Å². The lowest BCUT2D eigenvalue weighted by Gasteiger charge is -2.24. The first kappa shape index (κ1) is 17.5. The van der Waals surface area contributed by atoms with Crippen molar-refractivity contribution in [1.29, 1.82) is 0 Å². The second-order valence-corrected chi connectivity index (χ2v) is 8.75. The zero-order valence-corrected chi connectivity index (χ0v) is 16.2. The van der Waals surface area contributed by atoms with Crippen molar-refractivity contribution in [3.63, 3.8) is 0 Å². The summed E-state index contributed by atoms with van der Waals surface area (Å²) in [7, 11) is 0. The first-order chi connectivity index (χ1) is 12.3. The van der Waals surface area contributed by atoms with Gasteiger partial charge < -0.3 is 10.6 Å². The van der Waals surface area contributed by atoms with E-state index in [1.54, 1.807) is 0 Å². The molecule has 26 heavy (non-hydrogen) atoms. The topological polar surface area (TPSA) is 71.8 Å². The molecule has 2 aromatic heterocycles. The van der Waals surface area contributed by atoms with Crippen LogP contribution in [0.1, 0.15) is 74.1 Å². The average molecular weight is 355 g/mol. The standard InChI is InChI=1S/C20H29N5O/c1-12-17-15(19(26)22-14-6-5-9-21-11-14)10-16(13-7-8-13)23-18(17)25(24-12)20(2,3)4/h10,13-14,21H,5-9,11H2,1-4H3,(H,22,26)/t14-/m0/s1. The van der Waals surface area contributed by atoms with E-state index in [1.807, 2.05) is 17.7 Å². The summed E-state index contributed by atoms with van der Waals surface area (Å²) in [6.07, 6.45) is 4.46. The summed E-state index contributed by atoms with van der Waals surface area (Å²) in [4.78, 5) is 18.1. The second kappa shape index (κ2) is 6.34. The van der Waals surface area contributed by atoms with Crippen molar-refractivity contribution in [2.24, 2.45) is 0 Å². The number of amides is 1. The van der Waals surface area contributed by atoms with Crippen LogP contribution in [0.3, 0.4) is 0 Å². The van der Waals surface area contributed by atoms with E-state index in [0.29, 0.717) is 5.92 Å². The summed E-state index contributed by atoms with van der Waals surface area (Å²) >= 11 is 0.